The van der Waals surface area contributed by atoms with E-state index in [9.17, 15) is 43.2 Å². The van der Waals surface area contributed by atoms with Crippen LogP contribution in [0.3, 0.4) is 0 Å². The van der Waals surface area contributed by atoms with E-state index in [4.69, 9.17) is 0 Å². The number of imidazole rings is 1. The number of rotatable bonds is 9. The van der Waals surface area contributed by atoms with Gasteiger partial charge in [0.15, 0.2) is 0 Å². The maximum atomic E-state index is 11.5. The van der Waals surface area contributed by atoms with E-state index in [-0.39, 0.29) is 54.1 Å². The molecule has 2 heterocycles. The molecule has 5 N–H and O–H groups in total. The number of nitrogens with zero attached hydrogens (tertiary/aromatic N) is 2. The second-order valence-corrected chi connectivity index (χ2v) is 11.4. The highest BCUT2D eigenvalue weighted by Crippen LogP contribution is 2.17. The number of benzene rings is 3. The molecule has 0 saturated carbocycles. The molecule has 3 aromatic carbocycles. The number of aromatic amines is 2. The molecule has 0 aliphatic heterocycles. The first-order chi connectivity index (χ1) is 27.0. The maximum Gasteiger partial charge on any atom is 0.326 e. The third kappa shape index (κ3) is 17.5. The zero-order chi connectivity index (χ0) is 43.8. The van der Waals surface area contributed by atoms with Crippen molar-refractivity contribution in [2.24, 2.45) is 14.1 Å². The van der Waals surface area contributed by atoms with Crippen LogP contribution in [0.15, 0.2) is 81.1 Å². The van der Waals surface area contributed by atoms with Crippen molar-refractivity contribution < 1.29 is 28.8 Å². The minimum Gasteiger partial charge on any atom is -0.326 e. The van der Waals surface area contributed by atoms with Crippen LogP contribution in [0.1, 0.15) is 81.6 Å². The molecule has 0 fully saturated rings. The summed E-state index contributed by atoms with van der Waals surface area (Å²) in [5, 5.41) is 7.77. The zero-order valence-electron chi connectivity index (χ0n) is 34.5. The Labute approximate surface area is 331 Å². The van der Waals surface area contributed by atoms with Crippen LogP contribution in [-0.2, 0) is 42.9 Å². The molecule has 57 heavy (non-hydrogen) atoms. The standard InChI is InChI=1S/C13H13N3O4.C12H13N3O3.C10H11NO2.3C2H6/c1-7(17)5-11(18)14-8-3-4-10-9(6-8)15-12(19)13(20)16(10)2;1-7(16)5-11(17)13-8-3-4-10-9(6-8)14-12(18)15(10)2;1-8(12)7-10(13)11-9-5-3-2-4-6-9;3*1-2/h3-4,6H,5H2,1-2H3,(H,14,18)(H,15,19);3-4,6H,5H2,1-2H3,(H,13,17)(H,14,18);2-6H,7H2,1H3,(H,11,13);3*1-2H3. The molecular formula is C41H55N7O9. The van der Waals surface area contributed by atoms with E-state index >= 15 is 0 Å². The van der Waals surface area contributed by atoms with Crippen LogP contribution < -0.4 is 32.8 Å². The fraction of sp³-hybridized carbons (Fsp3) is 0.341. The number of aromatic nitrogens is 4. The van der Waals surface area contributed by atoms with Gasteiger partial charge in [-0.05, 0) is 69.3 Å². The summed E-state index contributed by atoms with van der Waals surface area (Å²) >= 11 is 0. The topological polar surface area (TPSA) is 231 Å². The molecule has 2 aromatic heterocycles. The number of hydrogen-bond acceptors (Lipinski definition) is 9. The molecule has 0 atom stereocenters. The smallest absolute Gasteiger partial charge is 0.326 e. The van der Waals surface area contributed by atoms with Gasteiger partial charge in [0.1, 0.15) is 17.3 Å². The van der Waals surface area contributed by atoms with Crippen molar-refractivity contribution >= 4 is 74.2 Å². The zero-order valence-corrected chi connectivity index (χ0v) is 34.5. The molecule has 5 aromatic rings. The second kappa shape index (κ2) is 26.2. The number of nitrogens with one attached hydrogen (secondary N) is 5. The summed E-state index contributed by atoms with van der Waals surface area (Å²) < 4.78 is 2.71. The third-order valence-corrected chi connectivity index (χ3v) is 6.86. The lowest BCUT2D eigenvalue weighted by atomic mass is 10.2. The fourth-order valence-electron chi connectivity index (χ4n) is 4.57. The van der Waals surface area contributed by atoms with E-state index in [1.165, 1.54) is 43.0 Å². The minimum atomic E-state index is -0.729. The summed E-state index contributed by atoms with van der Waals surface area (Å²) in [6.45, 7) is 16.1. The lowest BCUT2D eigenvalue weighted by Crippen LogP contribution is -2.34. The number of carbonyl (C=O) groups is 6. The van der Waals surface area contributed by atoms with Crippen LogP contribution >= 0.6 is 0 Å². The number of anilines is 3. The van der Waals surface area contributed by atoms with Gasteiger partial charge in [0.25, 0.3) is 0 Å². The van der Waals surface area contributed by atoms with Gasteiger partial charge >= 0.3 is 16.8 Å². The van der Waals surface area contributed by atoms with E-state index in [0.717, 1.165) is 5.52 Å². The number of amides is 3. The van der Waals surface area contributed by atoms with Gasteiger partial charge < -0.3 is 30.5 Å². The van der Waals surface area contributed by atoms with Crippen molar-refractivity contribution in [3.05, 3.63) is 97.9 Å². The lowest BCUT2D eigenvalue weighted by molar-refractivity contribution is -0.125. The van der Waals surface area contributed by atoms with Crippen molar-refractivity contribution in [3.63, 3.8) is 0 Å². The summed E-state index contributed by atoms with van der Waals surface area (Å²) in [5.41, 5.74) is 2.49. The Kier molecular flexibility index (Phi) is 23.1. The Morgan fingerprint density at radius 2 is 0.877 bits per heavy atom. The van der Waals surface area contributed by atoms with Gasteiger partial charge in [-0.15, -0.1) is 0 Å². The molecule has 16 heteroatoms. The van der Waals surface area contributed by atoms with Gasteiger partial charge in [0.05, 0.1) is 41.3 Å². The van der Waals surface area contributed by atoms with Crippen molar-refractivity contribution in [2.45, 2.75) is 81.6 Å². The first-order valence-corrected chi connectivity index (χ1v) is 18.4. The molecule has 0 spiro atoms. The van der Waals surface area contributed by atoms with Crippen LogP contribution in [-0.4, -0.2) is 54.2 Å². The number of ketones is 3. The SMILES string of the molecule is CC.CC.CC.CC(=O)CC(=O)Nc1ccc2c(c1)[nH]c(=O)c(=O)n2C.CC(=O)CC(=O)Nc1ccc2c(c1)[nH]c(=O)n2C.CC(=O)CC(=O)Nc1ccccc1. The van der Waals surface area contributed by atoms with E-state index in [0.29, 0.717) is 33.6 Å². The van der Waals surface area contributed by atoms with Gasteiger partial charge in [-0.1, -0.05) is 59.7 Å². The van der Waals surface area contributed by atoms with Gasteiger partial charge in [-0.3, -0.25) is 42.9 Å². The first-order valence-electron chi connectivity index (χ1n) is 18.4. The third-order valence-electron chi connectivity index (χ3n) is 6.86. The Morgan fingerprint density at radius 1 is 0.509 bits per heavy atom. The van der Waals surface area contributed by atoms with Crippen molar-refractivity contribution in [3.8, 4) is 0 Å². The van der Waals surface area contributed by atoms with E-state index < -0.39 is 17.0 Å². The minimum absolute atomic E-state index is 0.0606. The van der Waals surface area contributed by atoms with Crippen molar-refractivity contribution in [2.75, 3.05) is 16.0 Å². The summed E-state index contributed by atoms with van der Waals surface area (Å²) in [6, 6.07) is 18.9. The number of fused-ring (bicyclic) bond motifs is 2. The number of Topliss-reactive ketones (excluding diaryl/α,β-unsaturated/α-hetero) is 3. The largest absolute Gasteiger partial charge is 0.326 e. The Morgan fingerprint density at radius 3 is 1.28 bits per heavy atom. The van der Waals surface area contributed by atoms with Crippen LogP contribution in [0.2, 0.25) is 0 Å². The second-order valence-electron chi connectivity index (χ2n) is 11.4. The quantitative estimate of drug-likeness (QED) is 0.0921. The molecule has 5 rings (SSSR count). The molecule has 3 amide bonds. The van der Waals surface area contributed by atoms with Gasteiger partial charge in [0.2, 0.25) is 17.7 Å². The molecule has 0 radical (unpaired) electrons. The normalized spacial score (nSPS) is 9.46. The average molecular weight is 790 g/mol. The summed E-state index contributed by atoms with van der Waals surface area (Å²) in [5.74, 6) is -1.61. The summed E-state index contributed by atoms with van der Waals surface area (Å²) in [6.07, 6.45) is -0.417. The van der Waals surface area contributed by atoms with E-state index in [1.807, 2.05) is 59.7 Å². The number of aryl methyl sites for hydroxylation is 2. The molecule has 0 aliphatic rings. The van der Waals surface area contributed by atoms with E-state index in [1.54, 1.807) is 49.5 Å². The Balaban J connectivity index is 0.000000787. The first kappa shape index (κ1) is 50.3. The molecule has 0 aliphatic carbocycles. The summed E-state index contributed by atoms with van der Waals surface area (Å²) in [4.78, 5) is 106. The fourth-order valence-corrected chi connectivity index (χ4v) is 4.57. The van der Waals surface area contributed by atoms with Gasteiger partial charge in [-0.25, -0.2) is 4.79 Å². The Hall–Kier alpha value is -6.71. The van der Waals surface area contributed by atoms with Gasteiger partial charge in [0, 0.05) is 31.2 Å². The summed E-state index contributed by atoms with van der Waals surface area (Å²) in [7, 11) is 3.16. The molecule has 16 nitrogen and oxygen atoms in total. The molecule has 0 bridgehead atoms. The molecule has 0 unspecified atom stereocenters. The number of carbonyl (C=O) groups excluding carboxylic acids is 6. The van der Waals surface area contributed by atoms with Crippen LogP contribution in [0, 0.1) is 0 Å². The highest BCUT2D eigenvalue weighted by atomic mass is 16.2. The number of H-pyrrole nitrogens is 2. The van der Waals surface area contributed by atoms with Crippen molar-refractivity contribution in [1.29, 1.82) is 0 Å². The lowest BCUT2D eigenvalue weighted by Gasteiger charge is -2.07. The molecular weight excluding hydrogens is 734 g/mol. The van der Waals surface area contributed by atoms with E-state index in [2.05, 4.69) is 25.9 Å². The predicted molar refractivity (Wildman–Crippen MR) is 226 cm³/mol. The average Bonchev–Trinajstić information content (AvgIpc) is 3.44. The van der Waals surface area contributed by atoms with Crippen molar-refractivity contribution in [1.82, 2.24) is 19.1 Å². The monoisotopic (exact) mass is 789 g/mol. The molecule has 308 valence electrons. The van der Waals surface area contributed by atoms with Gasteiger partial charge in [-0.2, -0.15) is 0 Å². The molecule has 0 saturated heterocycles. The Bertz CT molecular complexity index is 2300. The van der Waals surface area contributed by atoms with Crippen LogP contribution in [0.4, 0.5) is 17.1 Å². The number of hydrogen-bond donors (Lipinski definition) is 5. The highest BCUT2D eigenvalue weighted by molar-refractivity contribution is 6.05. The van der Waals surface area contributed by atoms with Crippen LogP contribution in [0.5, 0.6) is 0 Å². The van der Waals surface area contributed by atoms with Crippen LogP contribution in [0.25, 0.3) is 22.1 Å². The predicted octanol–water partition coefficient (Wildman–Crippen LogP) is 5.61. The maximum absolute atomic E-state index is 11.5. The number of para-hydroxylation sites is 1. The highest BCUT2D eigenvalue weighted by Gasteiger charge is 2.10.